The lowest BCUT2D eigenvalue weighted by molar-refractivity contribution is -0.147. The third-order valence-corrected chi connectivity index (χ3v) is 5.85. The summed E-state index contributed by atoms with van der Waals surface area (Å²) in [5.41, 5.74) is 5.63. The van der Waals surface area contributed by atoms with Crippen molar-refractivity contribution >= 4 is 5.91 Å². The van der Waals surface area contributed by atoms with E-state index in [-0.39, 0.29) is 5.41 Å². The number of hydrogen-bond acceptors (Lipinski definition) is 3. The maximum absolute atomic E-state index is 13.2. The average molecular weight is 279 g/mol. The van der Waals surface area contributed by atoms with E-state index < -0.39 is 0 Å². The molecule has 0 aromatic carbocycles. The smallest absolute Gasteiger partial charge is 0.230 e. The second-order valence-electron chi connectivity index (χ2n) is 7.07. The van der Waals surface area contributed by atoms with Gasteiger partial charge in [-0.15, -0.1) is 0 Å². The maximum Gasteiger partial charge on any atom is 0.230 e. The van der Waals surface area contributed by atoms with Crippen molar-refractivity contribution in [1.29, 1.82) is 0 Å². The van der Waals surface area contributed by atoms with Gasteiger partial charge < -0.3 is 16.0 Å². The van der Waals surface area contributed by atoms with Gasteiger partial charge in [-0.2, -0.15) is 0 Å². The molecule has 3 fully saturated rings. The standard InChI is InChI=1S/C16H29N3O/c17-8-6-13-4-3-9-19(11-13)15(20)16-7-2-1-5-14(16)10-18-12-16/h13-14,18H,1-12,17H2/t13?,14-,16+/m0/s1. The van der Waals surface area contributed by atoms with Crippen LogP contribution in [0.25, 0.3) is 0 Å². The second-order valence-corrected chi connectivity index (χ2v) is 7.07. The largest absolute Gasteiger partial charge is 0.342 e. The fourth-order valence-corrected chi connectivity index (χ4v) is 4.70. The molecule has 4 nitrogen and oxygen atoms in total. The lowest BCUT2D eigenvalue weighted by Gasteiger charge is -2.43. The molecule has 2 aliphatic heterocycles. The van der Waals surface area contributed by atoms with Gasteiger partial charge in [0.25, 0.3) is 0 Å². The number of hydrogen-bond donors (Lipinski definition) is 2. The number of nitrogens with zero attached hydrogens (tertiary/aromatic N) is 1. The van der Waals surface area contributed by atoms with Crippen molar-refractivity contribution in [3.05, 3.63) is 0 Å². The summed E-state index contributed by atoms with van der Waals surface area (Å²) in [5.74, 6) is 1.66. The zero-order chi connectivity index (χ0) is 14.0. The Morgan fingerprint density at radius 3 is 3.05 bits per heavy atom. The Kier molecular flexibility index (Phi) is 4.32. The molecular weight excluding hydrogens is 250 g/mol. The van der Waals surface area contributed by atoms with Crippen LogP contribution in [-0.4, -0.2) is 43.5 Å². The molecule has 3 atom stereocenters. The van der Waals surface area contributed by atoms with Crippen LogP contribution in [0.3, 0.4) is 0 Å². The predicted octanol–water partition coefficient (Wildman–Crippen LogP) is 1.35. The van der Waals surface area contributed by atoms with Crippen molar-refractivity contribution in [3.63, 3.8) is 0 Å². The first kappa shape index (κ1) is 14.3. The Bertz CT molecular complexity index is 358. The molecular formula is C16H29N3O. The van der Waals surface area contributed by atoms with Crippen LogP contribution < -0.4 is 11.1 Å². The van der Waals surface area contributed by atoms with E-state index in [0.29, 0.717) is 17.7 Å². The maximum atomic E-state index is 13.2. The lowest BCUT2D eigenvalue weighted by atomic mass is 9.67. The van der Waals surface area contributed by atoms with E-state index in [9.17, 15) is 4.79 Å². The van der Waals surface area contributed by atoms with Crippen molar-refractivity contribution in [2.75, 3.05) is 32.7 Å². The van der Waals surface area contributed by atoms with E-state index >= 15 is 0 Å². The number of carbonyl (C=O) groups is 1. The van der Waals surface area contributed by atoms with Gasteiger partial charge in [0.1, 0.15) is 0 Å². The average Bonchev–Trinajstić information content (AvgIpc) is 2.92. The Morgan fingerprint density at radius 1 is 1.30 bits per heavy atom. The van der Waals surface area contributed by atoms with Gasteiger partial charge in [0.05, 0.1) is 5.41 Å². The van der Waals surface area contributed by atoms with Gasteiger partial charge in [0, 0.05) is 19.6 Å². The van der Waals surface area contributed by atoms with Crippen LogP contribution in [0.2, 0.25) is 0 Å². The highest BCUT2D eigenvalue weighted by atomic mass is 16.2. The number of likely N-dealkylation sites (tertiary alicyclic amines) is 1. The molecule has 20 heavy (non-hydrogen) atoms. The molecule has 2 saturated heterocycles. The van der Waals surface area contributed by atoms with Crippen molar-refractivity contribution in [1.82, 2.24) is 10.2 Å². The lowest BCUT2D eigenvalue weighted by Crippen LogP contribution is -2.52. The molecule has 2 heterocycles. The van der Waals surface area contributed by atoms with Gasteiger partial charge in [-0.25, -0.2) is 0 Å². The number of nitrogens with one attached hydrogen (secondary N) is 1. The first-order valence-corrected chi connectivity index (χ1v) is 8.46. The van der Waals surface area contributed by atoms with Crippen molar-refractivity contribution in [2.24, 2.45) is 23.0 Å². The molecule has 0 aromatic heterocycles. The van der Waals surface area contributed by atoms with Gasteiger partial charge in [0.2, 0.25) is 5.91 Å². The first-order valence-electron chi connectivity index (χ1n) is 8.46. The van der Waals surface area contributed by atoms with E-state index in [2.05, 4.69) is 10.2 Å². The highest BCUT2D eigenvalue weighted by Crippen LogP contribution is 2.45. The van der Waals surface area contributed by atoms with E-state index in [1.165, 1.54) is 25.7 Å². The number of rotatable bonds is 3. The molecule has 1 unspecified atom stereocenters. The third-order valence-electron chi connectivity index (χ3n) is 5.85. The van der Waals surface area contributed by atoms with E-state index in [1.807, 2.05) is 0 Å². The fourth-order valence-electron chi connectivity index (χ4n) is 4.70. The van der Waals surface area contributed by atoms with Crippen LogP contribution in [0.1, 0.15) is 44.9 Å². The van der Waals surface area contributed by atoms with Crippen LogP contribution in [0.4, 0.5) is 0 Å². The monoisotopic (exact) mass is 279 g/mol. The van der Waals surface area contributed by atoms with Gasteiger partial charge in [-0.1, -0.05) is 12.8 Å². The highest BCUT2D eigenvalue weighted by molar-refractivity contribution is 5.84. The van der Waals surface area contributed by atoms with Crippen LogP contribution in [0, 0.1) is 17.3 Å². The molecule has 4 heteroatoms. The quantitative estimate of drug-likeness (QED) is 0.820. The summed E-state index contributed by atoms with van der Waals surface area (Å²) in [6.45, 7) is 4.63. The van der Waals surface area contributed by atoms with Gasteiger partial charge in [-0.05, 0) is 57.0 Å². The molecule has 1 saturated carbocycles. The molecule has 3 aliphatic rings. The number of carbonyl (C=O) groups excluding carboxylic acids is 1. The minimum atomic E-state index is -0.0666. The minimum Gasteiger partial charge on any atom is -0.342 e. The predicted molar refractivity (Wildman–Crippen MR) is 80.2 cm³/mol. The van der Waals surface area contributed by atoms with Crippen molar-refractivity contribution in [2.45, 2.75) is 44.9 Å². The van der Waals surface area contributed by atoms with Gasteiger partial charge in [0.15, 0.2) is 0 Å². The van der Waals surface area contributed by atoms with Crippen LogP contribution in [-0.2, 0) is 4.79 Å². The van der Waals surface area contributed by atoms with Crippen LogP contribution in [0.15, 0.2) is 0 Å². The van der Waals surface area contributed by atoms with E-state index in [1.54, 1.807) is 0 Å². The zero-order valence-corrected chi connectivity index (χ0v) is 12.6. The zero-order valence-electron chi connectivity index (χ0n) is 12.6. The Balaban J connectivity index is 1.70. The summed E-state index contributed by atoms with van der Waals surface area (Å²) in [6, 6.07) is 0. The normalized spacial score (nSPS) is 37.8. The second kappa shape index (κ2) is 6.02. The van der Waals surface area contributed by atoms with Crippen molar-refractivity contribution in [3.8, 4) is 0 Å². The molecule has 0 aromatic rings. The topological polar surface area (TPSA) is 58.4 Å². The molecule has 3 rings (SSSR count). The highest BCUT2D eigenvalue weighted by Gasteiger charge is 2.51. The molecule has 114 valence electrons. The molecule has 0 radical (unpaired) electrons. The summed E-state index contributed by atoms with van der Waals surface area (Å²) in [7, 11) is 0. The summed E-state index contributed by atoms with van der Waals surface area (Å²) in [6.07, 6.45) is 8.33. The Hall–Kier alpha value is -0.610. The van der Waals surface area contributed by atoms with Gasteiger partial charge >= 0.3 is 0 Å². The first-order chi connectivity index (χ1) is 9.76. The van der Waals surface area contributed by atoms with Gasteiger partial charge in [-0.3, -0.25) is 4.79 Å². The van der Waals surface area contributed by atoms with Crippen molar-refractivity contribution < 1.29 is 4.79 Å². The van der Waals surface area contributed by atoms with Crippen LogP contribution >= 0.6 is 0 Å². The summed E-state index contributed by atoms with van der Waals surface area (Å²) in [4.78, 5) is 15.3. The third kappa shape index (κ3) is 2.48. The molecule has 1 amide bonds. The summed E-state index contributed by atoms with van der Waals surface area (Å²) >= 11 is 0. The number of piperidine rings is 1. The number of amides is 1. The fraction of sp³-hybridized carbons (Fsp3) is 0.938. The summed E-state index contributed by atoms with van der Waals surface area (Å²) in [5, 5.41) is 3.49. The Labute approximate surface area is 122 Å². The molecule has 3 N–H and O–H groups in total. The van der Waals surface area contributed by atoms with Crippen LogP contribution in [0.5, 0.6) is 0 Å². The number of nitrogens with two attached hydrogens (primary N) is 1. The minimum absolute atomic E-state index is 0.0666. The Morgan fingerprint density at radius 2 is 2.20 bits per heavy atom. The van der Waals surface area contributed by atoms with E-state index in [0.717, 1.165) is 52.0 Å². The molecule has 0 bridgehead atoms. The van der Waals surface area contributed by atoms with E-state index in [4.69, 9.17) is 5.73 Å². The molecule has 1 aliphatic carbocycles. The SMILES string of the molecule is NCCC1CCCN(C(=O)[C@@]23CCCC[C@H]2CNC3)C1. The summed E-state index contributed by atoms with van der Waals surface area (Å²) < 4.78 is 0. The number of fused-ring (bicyclic) bond motifs is 1. The molecule has 0 spiro atoms.